The third-order valence-corrected chi connectivity index (χ3v) is 2.73. The van der Waals surface area contributed by atoms with Gasteiger partial charge in [-0.1, -0.05) is 6.07 Å². The highest BCUT2D eigenvalue weighted by Gasteiger charge is 2.08. The van der Waals surface area contributed by atoms with E-state index >= 15 is 0 Å². The number of anilines is 1. The van der Waals surface area contributed by atoms with Crippen LogP contribution in [0.15, 0.2) is 30.3 Å². The normalized spacial score (nSPS) is 10.9. The van der Waals surface area contributed by atoms with E-state index in [4.69, 9.17) is 10.5 Å². The Hall–Kier alpha value is -2.43. The van der Waals surface area contributed by atoms with E-state index in [1.165, 1.54) is 0 Å². The molecule has 0 radical (unpaired) electrons. The third kappa shape index (κ3) is 1.52. The monoisotopic (exact) mass is 228 g/mol. The topological polar surface area (TPSA) is 79.7 Å². The van der Waals surface area contributed by atoms with E-state index in [-0.39, 0.29) is 0 Å². The van der Waals surface area contributed by atoms with Crippen LogP contribution < -0.4 is 10.5 Å². The summed E-state index contributed by atoms with van der Waals surface area (Å²) < 4.78 is 5.31. The zero-order chi connectivity index (χ0) is 11.8. The molecule has 0 aliphatic carbocycles. The zero-order valence-electron chi connectivity index (χ0n) is 9.32. The molecular weight excluding hydrogens is 216 g/mol. The quantitative estimate of drug-likeness (QED) is 0.628. The van der Waals surface area contributed by atoms with Crippen molar-refractivity contribution in [1.82, 2.24) is 15.2 Å². The summed E-state index contributed by atoms with van der Waals surface area (Å²) in [4.78, 5) is 3.29. The lowest BCUT2D eigenvalue weighted by molar-refractivity contribution is 0.420. The maximum atomic E-state index is 5.59. The highest BCUT2D eigenvalue weighted by Crippen LogP contribution is 2.29. The fourth-order valence-corrected chi connectivity index (χ4v) is 1.93. The fourth-order valence-electron chi connectivity index (χ4n) is 1.93. The van der Waals surface area contributed by atoms with Crippen molar-refractivity contribution >= 4 is 16.7 Å². The van der Waals surface area contributed by atoms with Crippen molar-refractivity contribution in [2.75, 3.05) is 12.8 Å². The highest BCUT2D eigenvalue weighted by atomic mass is 16.5. The van der Waals surface area contributed by atoms with E-state index in [1.807, 2.05) is 24.3 Å². The molecule has 3 aromatic rings. The van der Waals surface area contributed by atoms with E-state index < -0.39 is 0 Å². The van der Waals surface area contributed by atoms with E-state index in [0.29, 0.717) is 5.82 Å². The third-order valence-electron chi connectivity index (χ3n) is 2.73. The van der Waals surface area contributed by atoms with Gasteiger partial charge in [0.25, 0.3) is 0 Å². The van der Waals surface area contributed by atoms with Gasteiger partial charge in [0.2, 0.25) is 0 Å². The maximum Gasteiger partial charge on any atom is 0.145 e. The molecule has 0 bridgehead atoms. The fraction of sp³-hybridized carbons (Fsp3) is 0.0833. The number of H-pyrrole nitrogens is 2. The number of ether oxygens (including phenoxy) is 1. The van der Waals surface area contributed by atoms with Gasteiger partial charge < -0.3 is 15.5 Å². The molecule has 0 unspecified atom stereocenters. The predicted molar refractivity (Wildman–Crippen MR) is 66.8 cm³/mol. The minimum absolute atomic E-state index is 0.477. The van der Waals surface area contributed by atoms with Gasteiger partial charge in [-0.25, -0.2) is 0 Å². The number of hydrogen-bond acceptors (Lipinski definition) is 3. The van der Waals surface area contributed by atoms with Gasteiger partial charge in [-0.15, -0.1) is 0 Å². The van der Waals surface area contributed by atoms with E-state index in [9.17, 15) is 0 Å². The molecule has 0 atom stereocenters. The van der Waals surface area contributed by atoms with Gasteiger partial charge in [-0.05, 0) is 18.2 Å². The lowest BCUT2D eigenvalue weighted by Crippen LogP contribution is -1.81. The smallest absolute Gasteiger partial charge is 0.145 e. The first-order valence-electron chi connectivity index (χ1n) is 5.25. The van der Waals surface area contributed by atoms with E-state index in [0.717, 1.165) is 28.0 Å². The molecule has 2 aromatic heterocycles. The van der Waals surface area contributed by atoms with Crippen molar-refractivity contribution in [3.8, 4) is 17.1 Å². The Morgan fingerprint density at radius 3 is 2.82 bits per heavy atom. The number of nitrogens with zero attached hydrogens (tertiary/aromatic N) is 1. The number of aromatic nitrogens is 3. The van der Waals surface area contributed by atoms with Crippen LogP contribution in [0.25, 0.3) is 22.3 Å². The second-order valence-corrected chi connectivity index (χ2v) is 3.81. The number of nitrogens with two attached hydrogens (primary N) is 1. The van der Waals surface area contributed by atoms with Gasteiger partial charge in [0.1, 0.15) is 11.6 Å². The van der Waals surface area contributed by atoms with Crippen molar-refractivity contribution in [1.29, 1.82) is 0 Å². The van der Waals surface area contributed by atoms with E-state index in [1.54, 1.807) is 13.2 Å². The summed E-state index contributed by atoms with van der Waals surface area (Å²) in [6.45, 7) is 0. The summed E-state index contributed by atoms with van der Waals surface area (Å²) in [5.74, 6) is 1.32. The lowest BCUT2D eigenvalue weighted by Gasteiger charge is -1.99. The molecule has 3 rings (SSSR count). The molecule has 0 aliphatic rings. The molecule has 5 heteroatoms. The van der Waals surface area contributed by atoms with Crippen LogP contribution in [0, 0.1) is 0 Å². The maximum absolute atomic E-state index is 5.59. The minimum Gasteiger partial charge on any atom is -0.496 e. The Balaban J connectivity index is 2.19. The number of nitrogens with one attached hydrogen (secondary N) is 2. The summed E-state index contributed by atoms with van der Waals surface area (Å²) in [6.07, 6.45) is 0. The molecule has 17 heavy (non-hydrogen) atoms. The summed E-state index contributed by atoms with van der Waals surface area (Å²) in [6, 6.07) is 9.68. The number of fused-ring (bicyclic) bond motifs is 1. The summed E-state index contributed by atoms with van der Waals surface area (Å²) in [5.41, 5.74) is 8.41. The first-order valence-corrected chi connectivity index (χ1v) is 5.25. The van der Waals surface area contributed by atoms with Gasteiger partial charge in [0, 0.05) is 17.0 Å². The van der Waals surface area contributed by atoms with Gasteiger partial charge in [0.15, 0.2) is 0 Å². The molecule has 0 saturated heterocycles. The first-order chi connectivity index (χ1) is 8.28. The molecular formula is C12H12N4O. The minimum atomic E-state index is 0.477. The predicted octanol–water partition coefficient (Wildman–Crippen LogP) is 2.15. The summed E-state index contributed by atoms with van der Waals surface area (Å²) in [5, 5.41) is 7.82. The Kier molecular flexibility index (Phi) is 2.04. The first kappa shape index (κ1) is 9.77. The van der Waals surface area contributed by atoms with Crippen molar-refractivity contribution < 1.29 is 4.74 Å². The van der Waals surface area contributed by atoms with Crippen LogP contribution in [0.1, 0.15) is 0 Å². The van der Waals surface area contributed by atoms with Gasteiger partial charge in [-0.3, -0.25) is 5.10 Å². The van der Waals surface area contributed by atoms with Crippen LogP contribution in [0.5, 0.6) is 5.75 Å². The number of nitrogen functional groups attached to an aromatic ring is 1. The molecule has 0 fully saturated rings. The number of aromatic amines is 2. The van der Waals surface area contributed by atoms with Gasteiger partial charge in [-0.2, -0.15) is 5.10 Å². The summed E-state index contributed by atoms with van der Waals surface area (Å²) in [7, 11) is 1.66. The summed E-state index contributed by atoms with van der Waals surface area (Å²) >= 11 is 0. The van der Waals surface area contributed by atoms with Crippen LogP contribution >= 0.6 is 0 Å². The largest absolute Gasteiger partial charge is 0.496 e. The molecule has 1 aromatic carbocycles. The van der Waals surface area contributed by atoms with Crippen molar-refractivity contribution in [3.63, 3.8) is 0 Å². The molecule has 5 nitrogen and oxygen atoms in total. The number of rotatable bonds is 2. The van der Waals surface area contributed by atoms with Crippen LogP contribution in [-0.2, 0) is 0 Å². The lowest BCUT2D eigenvalue weighted by atomic mass is 10.2. The molecule has 0 saturated carbocycles. The molecule has 0 spiro atoms. The number of benzene rings is 1. The molecule has 0 amide bonds. The van der Waals surface area contributed by atoms with Crippen molar-refractivity contribution in [2.45, 2.75) is 0 Å². The van der Waals surface area contributed by atoms with Crippen molar-refractivity contribution in [3.05, 3.63) is 30.3 Å². The van der Waals surface area contributed by atoms with Gasteiger partial charge >= 0.3 is 0 Å². The Morgan fingerprint density at radius 1 is 1.24 bits per heavy atom. The van der Waals surface area contributed by atoms with E-state index in [2.05, 4.69) is 15.2 Å². The molecule has 0 aliphatic heterocycles. The molecule has 86 valence electrons. The SMILES string of the molecule is COc1cccc2[nH]c(-c3cc(N)n[nH]3)cc12. The molecule has 2 heterocycles. The van der Waals surface area contributed by atoms with Gasteiger partial charge in [0.05, 0.1) is 18.5 Å². The molecule has 4 N–H and O–H groups in total. The second kappa shape index (κ2) is 3.55. The van der Waals surface area contributed by atoms with Crippen LogP contribution in [0.4, 0.5) is 5.82 Å². The number of hydrogen-bond donors (Lipinski definition) is 3. The second-order valence-electron chi connectivity index (χ2n) is 3.81. The zero-order valence-corrected chi connectivity index (χ0v) is 9.32. The average Bonchev–Trinajstić information content (AvgIpc) is 2.93. The standard InChI is InChI=1S/C12H12N4O/c1-17-11-4-2-3-8-7(11)5-9(14-8)10-6-12(13)16-15-10/h2-6,14H,1H3,(H3,13,15,16). The highest BCUT2D eigenvalue weighted by molar-refractivity contribution is 5.90. The van der Waals surface area contributed by atoms with Crippen molar-refractivity contribution in [2.24, 2.45) is 0 Å². The Morgan fingerprint density at radius 2 is 2.12 bits per heavy atom. The average molecular weight is 228 g/mol. The van der Waals surface area contributed by atoms with Crippen LogP contribution in [-0.4, -0.2) is 22.3 Å². The van der Waals surface area contributed by atoms with Crippen LogP contribution in [0.2, 0.25) is 0 Å². The number of methoxy groups -OCH3 is 1. The Labute approximate surface area is 97.6 Å². The Bertz CT molecular complexity index is 668. The van der Waals surface area contributed by atoms with Crippen LogP contribution in [0.3, 0.4) is 0 Å².